The third-order valence-corrected chi connectivity index (χ3v) is 2.84. The molecule has 16 heavy (non-hydrogen) atoms. The third kappa shape index (κ3) is 2.59. The average molecular weight is 223 g/mol. The summed E-state index contributed by atoms with van der Waals surface area (Å²) < 4.78 is 5.04. The first-order valence-corrected chi connectivity index (χ1v) is 5.89. The van der Waals surface area contributed by atoms with E-state index in [-0.39, 0.29) is 5.91 Å². The highest BCUT2D eigenvalue weighted by Crippen LogP contribution is 2.10. The lowest BCUT2D eigenvalue weighted by Gasteiger charge is -2.13. The highest BCUT2D eigenvalue weighted by atomic mass is 16.5. The summed E-state index contributed by atoms with van der Waals surface area (Å²) in [5.41, 5.74) is 0. The van der Waals surface area contributed by atoms with E-state index >= 15 is 0 Å². The molecule has 1 aliphatic heterocycles. The summed E-state index contributed by atoms with van der Waals surface area (Å²) in [4.78, 5) is 17.8. The molecule has 1 aromatic heterocycles. The van der Waals surface area contributed by atoms with Crippen LogP contribution in [0.5, 0.6) is 0 Å². The molecule has 1 aliphatic rings. The fraction of sp³-hybridized carbons (Fsp3) is 0.727. The van der Waals surface area contributed by atoms with E-state index in [1.165, 1.54) is 0 Å². The van der Waals surface area contributed by atoms with Crippen molar-refractivity contribution in [1.82, 2.24) is 15.0 Å². The molecular weight excluding hydrogens is 206 g/mol. The summed E-state index contributed by atoms with van der Waals surface area (Å²) in [6.07, 6.45) is 4.07. The van der Waals surface area contributed by atoms with Gasteiger partial charge in [-0.25, -0.2) is 0 Å². The van der Waals surface area contributed by atoms with E-state index in [2.05, 4.69) is 10.1 Å². The quantitative estimate of drug-likeness (QED) is 0.769. The number of aryl methyl sites for hydroxylation is 2. The van der Waals surface area contributed by atoms with Gasteiger partial charge in [0.25, 0.3) is 0 Å². The first-order chi connectivity index (χ1) is 7.79. The number of hydrogen-bond donors (Lipinski definition) is 0. The van der Waals surface area contributed by atoms with Crippen molar-refractivity contribution in [3.05, 3.63) is 11.7 Å². The predicted octanol–water partition coefficient (Wildman–Crippen LogP) is 1.19. The molecule has 5 nitrogen and oxygen atoms in total. The van der Waals surface area contributed by atoms with Gasteiger partial charge in [-0.2, -0.15) is 4.98 Å². The maximum Gasteiger partial charge on any atom is 0.227 e. The van der Waals surface area contributed by atoms with Crippen molar-refractivity contribution in [2.75, 3.05) is 13.1 Å². The predicted molar refractivity (Wildman–Crippen MR) is 57.8 cm³/mol. The monoisotopic (exact) mass is 223 g/mol. The summed E-state index contributed by atoms with van der Waals surface area (Å²) in [5.74, 6) is 1.49. The Morgan fingerprint density at radius 3 is 2.81 bits per heavy atom. The van der Waals surface area contributed by atoms with Gasteiger partial charge in [0.2, 0.25) is 11.8 Å². The van der Waals surface area contributed by atoms with Crippen LogP contribution >= 0.6 is 0 Å². The molecule has 0 aromatic carbocycles. The van der Waals surface area contributed by atoms with Crippen LogP contribution in [0.3, 0.4) is 0 Å². The molecule has 0 radical (unpaired) electrons. The number of nitrogens with zero attached hydrogens (tertiary/aromatic N) is 3. The molecule has 0 bridgehead atoms. The van der Waals surface area contributed by atoms with Crippen LogP contribution in [0.1, 0.15) is 37.9 Å². The lowest BCUT2D eigenvalue weighted by Crippen LogP contribution is -2.27. The molecule has 1 amide bonds. The molecule has 0 unspecified atom stereocenters. The van der Waals surface area contributed by atoms with Crippen molar-refractivity contribution in [3.8, 4) is 0 Å². The number of hydrogen-bond acceptors (Lipinski definition) is 4. The van der Waals surface area contributed by atoms with Gasteiger partial charge >= 0.3 is 0 Å². The Labute approximate surface area is 94.8 Å². The number of amides is 1. The standard InChI is InChI=1S/C11H17N3O2/c1-2-9-12-10(16-13-9)5-6-11(15)14-7-3-4-8-14/h2-8H2,1H3. The Morgan fingerprint density at radius 2 is 2.19 bits per heavy atom. The largest absolute Gasteiger partial charge is 0.343 e. The molecule has 88 valence electrons. The van der Waals surface area contributed by atoms with E-state index in [4.69, 9.17) is 4.52 Å². The van der Waals surface area contributed by atoms with Gasteiger partial charge in [0.15, 0.2) is 5.82 Å². The van der Waals surface area contributed by atoms with Crippen molar-refractivity contribution in [2.45, 2.75) is 39.0 Å². The summed E-state index contributed by atoms with van der Waals surface area (Å²) in [7, 11) is 0. The van der Waals surface area contributed by atoms with Gasteiger partial charge in [0.1, 0.15) is 0 Å². The zero-order chi connectivity index (χ0) is 11.4. The van der Waals surface area contributed by atoms with E-state index < -0.39 is 0 Å². The van der Waals surface area contributed by atoms with E-state index in [1.807, 2.05) is 11.8 Å². The van der Waals surface area contributed by atoms with Crippen molar-refractivity contribution < 1.29 is 9.32 Å². The minimum absolute atomic E-state index is 0.203. The van der Waals surface area contributed by atoms with Gasteiger partial charge in [-0.15, -0.1) is 0 Å². The van der Waals surface area contributed by atoms with E-state index in [1.54, 1.807) is 0 Å². The highest BCUT2D eigenvalue weighted by Gasteiger charge is 2.18. The molecule has 1 fully saturated rings. The Balaban J connectivity index is 1.80. The van der Waals surface area contributed by atoms with Crippen LogP contribution in [0.25, 0.3) is 0 Å². The van der Waals surface area contributed by atoms with Crippen LogP contribution in [-0.4, -0.2) is 34.0 Å². The van der Waals surface area contributed by atoms with E-state index in [9.17, 15) is 4.79 Å². The topological polar surface area (TPSA) is 59.2 Å². The van der Waals surface area contributed by atoms with Gasteiger partial charge in [-0.1, -0.05) is 12.1 Å². The Morgan fingerprint density at radius 1 is 1.44 bits per heavy atom. The fourth-order valence-electron chi connectivity index (χ4n) is 1.87. The summed E-state index contributed by atoms with van der Waals surface area (Å²) in [6.45, 7) is 3.79. The maximum atomic E-state index is 11.7. The molecule has 0 N–H and O–H groups in total. The van der Waals surface area contributed by atoms with Crippen LogP contribution in [-0.2, 0) is 17.6 Å². The molecule has 1 saturated heterocycles. The molecule has 0 atom stereocenters. The maximum absolute atomic E-state index is 11.7. The van der Waals surface area contributed by atoms with Crippen molar-refractivity contribution in [1.29, 1.82) is 0 Å². The second kappa shape index (κ2) is 5.09. The lowest BCUT2D eigenvalue weighted by molar-refractivity contribution is -0.130. The number of likely N-dealkylation sites (tertiary alicyclic amines) is 1. The van der Waals surface area contributed by atoms with Crippen LogP contribution < -0.4 is 0 Å². The fourth-order valence-corrected chi connectivity index (χ4v) is 1.87. The molecule has 0 aliphatic carbocycles. The Bertz CT molecular complexity index is 356. The van der Waals surface area contributed by atoms with E-state index in [0.29, 0.717) is 24.6 Å². The average Bonchev–Trinajstić information content (AvgIpc) is 2.96. The number of rotatable bonds is 4. The van der Waals surface area contributed by atoms with Gasteiger partial charge in [-0.3, -0.25) is 4.79 Å². The smallest absolute Gasteiger partial charge is 0.227 e. The SMILES string of the molecule is CCc1noc(CCC(=O)N2CCCC2)n1. The number of aromatic nitrogens is 2. The molecule has 1 aromatic rings. The first-order valence-electron chi connectivity index (χ1n) is 5.89. The van der Waals surface area contributed by atoms with Crippen molar-refractivity contribution in [2.24, 2.45) is 0 Å². The second-order valence-electron chi connectivity index (χ2n) is 4.05. The van der Waals surface area contributed by atoms with Gasteiger partial charge in [-0.05, 0) is 12.8 Å². The molecule has 0 saturated carbocycles. The minimum Gasteiger partial charge on any atom is -0.343 e. The highest BCUT2D eigenvalue weighted by molar-refractivity contribution is 5.76. The molecule has 0 spiro atoms. The summed E-state index contributed by atoms with van der Waals surface area (Å²) in [6, 6.07) is 0. The van der Waals surface area contributed by atoms with Gasteiger partial charge in [0, 0.05) is 32.4 Å². The van der Waals surface area contributed by atoms with Crippen LogP contribution in [0.15, 0.2) is 4.52 Å². The zero-order valence-corrected chi connectivity index (χ0v) is 9.61. The molecule has 5 heteroatoms. The third-order valence-electron chi connectivity index (χ3n) is 2.84. The van der Waals surface area contributed by atoms with Gasteiger partial charge in [0.05, 0.1) is 0 Å². The normalized spacial score (nSPS) is 15.7. The second-order valence-corrected chi connectivity index (χ2v) is 4.05. The molecule has 2 rings (SSSR count). The molecule has 2 heterocycles. The van der Waals surface area contributed by atoms with Crippen molar-refractivity contribution in [3.63, 3.8) is 0 Å². The van der Waals surface area contributed by atoms with Crippen LogP contribution in [0, 0.1) is 0 Å². The zero-order valence-electron chi connectivity index (χ0n) is 9.61. The Hall–Kier alpha value is -1.39. The Kier molecular flexibility index (Phi) is 3.54. The summed E-state index contributed by atoms with van der Waals surface area (Å²) >= 11 is 0. The first kappa shape index (κ1) is 11.1. The van der Waals surface area contributed by atoms with Crippen LogP contribution in [0.2, 0.25) is 0 Å². The van der Waals surface area contributed by atoms with E-state index in [0.717, 1.165) is 32.4 Å². The van der Waals surface area contributed by atoms with Crippen molar-refractivity contribution >= 4 is 5.91 Å². The number of carbonyl (C=O) groups excluding carboxylic acids is 1. The summed E-state index contributed by atoms with van der Waals surface area (Å²) in [5, 5.41) is 3.80. The number of carbonyl (C=O) groups is 1. The van der Waals surface area contributed by atoms with Crippen LogP contribution in [0.4, 0.5) is 0 Å². The molecular formula is C11H17N3O2. The van der Waals surface area contributed by atoms with Gasteiger partial charge < -0.3 is 9.42 Å². The minimum atomic E-state index is 0.203. The lowest BCUT2D eigenvalue weighted by atomic mass is 10.3.